The number of hydrogen-bond donors (Lipinski definition) is 2. The van der Waals surface area contributed by atoms with Crippen LogP contribution in [0.4, 0.5) is 0 Å². The zero-order valence-electron chi connectivity index (χ0n) is 11.7. The zero-order chi connectivity index (χ0) is 14.6. The Morgan fingerprint density at radius 3 is 3.20 bits per heavy atom. The van der Waals surface area contributed by atoms with E-state index in [9.17, 15) is 5.11 Å². The second-order valence-corrected chi connectivity index (χ2v) is 4.19. The highest BCUT2D eigenvalue weighted by Gasteiger charge is 1.97. The first kappa shape index (κ1) is 15.6. The summed E-state index contributed by atoms with van der Waals surface area (Å²) >= 11 is 0. The van der Waals surface area contributed by atoms with Crippen LogP contribution in [0.3, 0.4) is 0 Å². The van der Waals surface area contributed by atoms with Crippen molar-refractivity contribution in [1.29, 1.82) is 0 Å². The second kappa shape index (κ2) is 9.46. The van der Waals surface area contributed by atoms with Crippen molar-refractivity contribution < 1.29 is 5.11 Å². The maximum Gasteiger partial charge on any atom is 0.115 e. The van der Waals surface area contributed by atoms with E-state index in [1.807, 2.05) is 30.4 Å². The van der Waals surface area contributed by atoms with Gasteiger partial charge in [0.15, 0.2) is 0 Å². The van der Waals surface area contributed by atoms with Crippen LogP contribution in [0.2, 0.25) is 0 Å². The summed E-state index contributed by atoms with van der Waals surface area (Å²) in [6, 6.07) is 0. The molecule has 3 nitrogen and oxygen atoms in total. The average Bonchev–Trinajstić information content (AvgIpc) is 2.65. The fraction of sp³-hybridized carbons (Fsp3) is 0.235. The minimum absolute atomic E-state index is 0.263. The molecule has 0 atom stereocenters. The first-order valence-corrected chi connectivity index (χ1v) is 6.50. The Morgan fingerprint density at radius 2 is 2.45 bits per heavy atom. The Labute approximate surface area is 120 Å². The van der Waals surface area contributed by atoms with E-state index in [4.69, 9.17) is 6.42 Å². The molecule has 0 bridgehead atoms. The van der Waals surface area contributed by atoms with E-state index in [1.165, 1.54) is 0 Å². The summed E-state index contributed by atoms with van der Waals surface area (Å²) in [7, 11) is 1.72. The van der Waals surface area contributed by atoms with Crippen LogP contribution in [0, 0.1) is 12.3 Å². The smallest absolute Gasteiger partial charge is 0.115 e. The molecule has 0 aromatic carbocycles. The molecule has 0 saturated carbocycles. The van der Waals surface area contributed by atoms with Crippen molar-refractivity contribution in [2.24, 2.45) is 4.99 Å². The standard InChI is InChI=1S/C17H20N2O/c1-3-4-12-19-16(11-13-18-2)10-9-15-7-5-6-8-17(20)14-15/h1,5-6,8-11,13-14,19-20H,4,7,12H2,2H3/b10-9+,16-11+,18-13?. The van der Waals surface area contributed by atoms with Gasteiger partial charge in [-0.25, -0.2) is 0 Å². The molecule has 0 spiro atoms. The Hall–Kier alpha value is -2.47. The lowest BCUT2D eigenvalue weighted by Gasteiger charge is -2.05. The summed E-state index contributed by atoms with van der Waals surface area (Å²) in [4.78, 5) is 3.94. The molecular formula is C17H20N2O. The summed E-state index contributed by atoms with van der Waals surface area (Å²) in [5.74, 6) is 2.85. The molecule has 3 heteroatoms. The predicted molar refractivity (Wildman–Crippen MR) is 85.6 cm³/mol. The van der Waals surface area contributed by atoms with Crippen LogP contribution >= 0.6 is 0 Å². The number of nitrogens with one attached hydrogen (secondary N) is 1. The van der Waals surface area contributed by atoms with Crippen LogP contribution in [-0.2, 0) is 0 Å². The van der Waals surface area contributed by atoms with Gasteiger partial charge in [0.2, 0.25) is 0 Å². The van der Waals surface area contributed by atoms with Gasteiger partial charge in [0.05, 0.1) is 0 Å². The summed E-state index contributed by atoms with van der Waals surface area (Å²) in [5.41, 5.74) is 1.97. The lowest BCUT2D eigenvalue weighted by atomic mass is 10.1. The molecule has 20 heavy (non-hydrogen) atoms. The molecule has 0 fully saturated rings. The van der Waals surface area contributed by atoms with Crippen LogP contribution in [-0.4, -0.2) is 24.9 Å². The topological polar surface area (TPSA) is 44.6 Å². The Balaban J connectivity index is 2.73. The van der Waals surface area contributed by atoms with E-state index in [-0.39, 0.29) is 5.76 Å². The van der Waals surface area contributed by atoms with Crippen molar-refractivity contribution >= 4 is 6.21 Å². The van der Waals surface area contributed by atoms with Crippen LogP contribution in [0.25, 0.3) is 0 Å². The first-order valence-electron chi connectivity index (χ1n) is 6.50. The maximum atomic E-state index is 9.57. The molecule has 0 aromatic rings. The van der Waals surface area contributed by atoms with Gasteiger partial charge in [-0.2, -0.15) is 0 Å². The highest BCUT2D eigenvalue weighted by atomic mass is 16.3. The van der Waals surface area contributed by atoms with E-state index in [0.717, 1.165) is 17.7 Å². The van der Waals surface area contributed by atoms with Gasteiger partial charge >= 0.3 is 0 Å². The van der Waals surface area contributed by atoms with Gasteiger partial charge < -0.3 is 10.4 Å². The van der Waals surface area contributed by atoms with E-state index >= 15 is 0 Å². The highest BCUT2D eigenvalue weighted by Crippen LogP contribution is 2.12. The number of rotatable bonds is 6. The third-order valence-electron chi connectivity index (χ3n) is 2.57. The van der Waals surface area contributed by atoms with Gasteiger partial charge in [0.25, 0.3) is 0 Å². The van der Waals surface area contributed by atoms with Crippen molar-refractivity contribution in [2.45, 2.75) is 12.8 Å². The maximum absolute atomic E-state index is 9.57. The van der Waals surface area contributed by atoms with Crippen LogP contribution in [0.5, 0.6) is 0 Å². The van der Waals surface area contributed by atoms with E-state index in [1.54, 1.807) is 25.4 Å². The van der Waals surface area contributed by atoms with Crippen molar-refractivity contribution in [3.63, 3.8) is 0 Å². The lowest BCUT2D eigenvalue weighted by molar-refractivity contribution is 0.432. The molecule has 0 radical (unpaired) electrons. The largest absolute Gasteiger partial charge is 0.508 e. The summed E-state index contributed by atoms with van der Waals surface area (Å²) in [6.45, 7) is 0.717. The molecule has 2 N–H and O–H groups in total. The van der Waals surface area contributed by atoms with Crippen molar-refractivity contribution in [3.05, 3.63) is 59.6 Å². The summed E-state index contributed by atoms with van der Waals surface area (Å²) in [5, 5.41) is 12.8. The third-order valence-corrected chi connectivity index (χ3v) is 2.57. The van der Waals surface area contributed by atoms with Crippen molar-refractivity contribution in [2.75, 3.05) is 13.6 Å². The minimum atomic E-state index is 0.263. The molecule has 1 aliphatic rings. The fourth-order valence-electron chi connectivity index (χ4n) is 1.59. The number of hydrogen-bond acceptors (Lipinski definition) is 3. The van der Waals surface area contributed by atoms with Crippen LogP contribution in [0.1, 0.15) is 12.8 Å². The molecule has 1 aliphatic carbocycles. The lowest BCUT2D eigenvalue weighted by Crippen LogP contribution is -2.13. The van der Waals surface area contributed by atoms with E-state index in [0.29, 0.717) is 13.0 Å². The molecule has 0 unspecified atom stereocenters. The van der Waals surface area contributed by atoms with Gasteiger partial charge in [-0.1, -0.05) is 18.2 Å². The Kier molecular flexibility index (Phi) is 7.37. The van der Waals surface area contributed by atoms with Crippen molar-refractivity contribution in [3.8, 4) is 12.3 Å². The molecule has 0 aromatic heterocycles. The fourth-order valence-corrected chi connectivity index (χ4v) is 1.59. The number of nitrogens with zero attached hydrogens (tertiary/aromatic N) is 1. The number of aliphatic hydroxyl groups is 1. The third kappa shape index (κ3) is 6.46. The quantitative estimate of drug-likeness (QED) is 0.336. The monoisotopic (exact) mass is 268 g/mol. The molecule has 0 saturated heterocycles. The van der Waals surface area contributed by atoms with Gasteiger partial charge in [0, 0.05) is 31.9 Å². The van der Waals surface area contributed by atoms with Gasteiger partial charge in [-0.15, -0.1) is 12.3 Å². The summed E-state index contributed by atoms with van der Waals surface area (Å²) < 4.78 is 0. The van der Waals surface area contributed by atoms with Crippen LogP contribution < -0.4 is 5.32 Å². The molecule has 104 valence electrons. The van der Waals surface area contributed by atoms with E-state index in [2.05, 4.69) is 16.2 Å². The molecule has 0 aliphatic heterocycles. The second-order valence-electron chi connectivity index (χ2n) is 4.19. The number of aliphatic hydroxyl groups excluding tert-OH is 1. The normalized spacial score (nSPS) is 15.9. The number of terminal acetylenes is 1. The Morgan fingerprint density at radius 1 is 1.60 bits per heavy atom. The average molecular weight is 268 g/mol. The van der Waals surface area contributed by atoms with Crippen molar-refractivity contribution in [1.82, 2.24) is 5.32 Å². The zero-order valence-corrected chi connectivity index (χ0v) is 11.7. The highest BCUT2D eigenvalue weighted by molar-refractivity contribution is 5.72. The molecule has 1 rings (SSSR count). The Bertz CT molecular complexity index is 526. The van der Waals surface area contributed by atoms with Gasteiger partial charge in [-0.05, 0) is 36.3 Å². The van der Waals surface area contributed by atoms with Crippen LogP contribution in [0.15, 0.2) is 64.6 Å². The number of allylic oxidation sites excluding steroid dienone is 8. The molecule has 0 amide bonds. The van der Waals surface area contributed by atoms with Gasteiger partial charge in [-0.3, -0.25) is 4.99 Å². The first-order chi connectivity index (χ1) is 9.76. The minimum Gasteiger partial charge on any atom is -0.508 e. The van der Waals surface area contributed by atoms with E-state index < -0.39 is 0 Å². The molecular weight excluding hydrogens is 248 g/mol. The summed E-state index contributed by atoms with van der Waals surface area (Å²) in [6.07, 6.45) is 21.5. The predicted octanol–water partition coefficient (Wildman–Crippen LogP) is 3.07. The van der Waals surface area contributed by atoms with Gasteiger partial charge in [0.1, 0.15) is 5.76 Å². The SMILES string of the molecule is C#CCCNC(/C=C/C1=CC(O)=CC=CC1)=C/C=NC. The number of aliphatic imine (C=N–C) groups is 1. The molecule has 0 heterocycles.